The molecule has 1 heterocycles. The third-order valence-electron chi connectivity index (χ3n) is 14.7. The lowest BCUT2D eigenvalue weighted by Crippen LogP contribution is -2.69. The van der Waals surface area contributed by atoms with Gasteiger partial charge >= 0.3 is 5.97 Å². The molecule has 5 fully saturated rings. The molecule has 5 nitrogen and oxygen atoms in total. The summed E-state index contributed by atoms with van der Waals surface area (Å²) in [6.45, 7) is 15.0. The van der Waals surface area contributed by atoms with Crippen LogP contribution in [0.5, 0.6) is 0 Å². The second kappa shape index (κ2) is 9.65. The zero-order valence-corrected chi connectivity index (χ0v) is 28.5. The maximum Gasteiger partial charge on any atom is 0.310 e. The fourth-order valence-electron chi connectivity index (χ4n) is 12.2. The van der Waals surface area contributed by atoms with Crippen LogP contribution in [0.1, 0.15) is 111 Å². The number of benzene rings is 1. The van der Waals surface area contributed by atoms with Crippen LogP contribution in [0.2, 0.25) is 0 Å². The molecule has 4 saturated carbocycles. The maximum atomic E-state index is 13.0. The van der Waals surface area contributed by atoms with Gasteiger partial charge in [-0.05, 0) is 109 Å². The summed E-state index contributed by atoms with van der Waals surface area (Å²) in [4.78, 5) is 13.0. The summed E-state index contributed by atoms with van der Waals surface area (Å²) in [6.07, 6.45) is 9.59. The number of aliphatic carboxylic acids is 1. The average Bonchev–Trinajstić information content (AvgIpc) is 2.92. The molecule has 0 spiro atoms. The molecular formula is C37H51BrO5. The fourth-order valence-corrected chi connectivity index (χ4v) is 12.7. The van der Waals surface area contributed by atoms with Gasteiger partial charge in [0.1, 0.15) is 0 Å². The molecule has 5 aliphatic carbocycles. The third-order valence-corrected chi connectivity index (χ3v) is 15.2. The minimum atomic E-state index is -0.617. The minimum absolute atomic E-state index is 0.0327. The quantitative estimate of drug-likeness (QED) is 0.312. The molecule has 4 unspecified atom stereocenters. The van der Waals surface area contributed by atoms with Crippen molar-refractivity contribution in [2.45, 2.75) is 118 Å². The molecule has 1 saturated heterocycles. The van der Waals surface area contributed by atoms with Gasteiger partial charge in [0.25, 0.3) is 0 Å². The number of allylic oxidation sites excluding steroid dienone is 2. The monoisotopic (exact) mass is 654 g/mol. The Hall–Kier alpha value is -1.21. The summed E-state index contributed by atoms with van der Waals surface area (Å²) >= 11 is 3.58. The van der Waals surface area contributed by atoms with Crippen molar-refractivity contribution in [2.24, 2.45) is 50.2 Å². The Labute approximate surface area is 266 Å². The third kappa shape index (κ3) is 4.07. The summed E-state index contributed by atoms with van der Waals surface area (Å²) in [5.41, 5.74) is 1.65. The predicted molar refractivity (Wildman–Crippen MR) is 170 cm³/mol. The van der Waals surface area contributed by atoms with E-state index in [4.69, 9.17) is 9.47 Å². The number of carboxylic acid groups (broad SMARTS) is 1. The number of aliphatic hydroxyl groups excluding tert-OH is 1. The van der Waals surface area contributed by atoms with Crippen molar-refractivity contribution in [3.63, 3.8) is 0 Å². The lowest BCUT2D eigenvalue weighted by Gasteiger charge is -2.72. The van der Waals surface area contributed by atoms with Gasteiger partial charge in [-0.25, -0.2) is 0 Å². The second-order valence-corrected chi connectivity index (χ2v) is 18.1. The van der Waals surface area contributed by atoms with Gasteiger partial charge in [0.15, 0.2) is 6.29 Å². The number of hydrogen-bond acceptors (Lipinski definition) is 4. The SMILES string of the molecule is CC1(C)CC[C@]2(C(=O)O)CC[C@]3(C)C(=CCC4[C@@]5(C)C[C@@H](O)[C@@H]6OC(c7cccc(Br)c7)OC[C@@]6(C)C5CC[C@]43C)C2C1. The van der Waals surface area contributed by atoms with Gasteiger partial charge in [-0.3, -0.25) is 4.79 Å². The van der Waals surface area contributed by atoms with E-state index in [9.17, 15) is 15.0 Å². The van der Waals surface area contributed by atoms with Crippen molar-refractivity contribution < 1.29 is 24.5 Å². The second-order valence-electron chi connectivity index (χ2n) is 17.2. The van der Waals surface area contributed by atoms with E-state index >= 15 is 0 Å². The Morgan fingerprint density at radius 3 is 2.42 bits per heavy atom. The zero-order chi connectivity index (χ0) is 30.8. The van der Waals surface area contributed by atoms with E-state index in [0.717, 1.165) is 67.8 Å². The van der Waals surface area contributed by atoms with Gasteiger partial charge in [0, 0.05) is 15.5 Å². The number of rotatable bonds is 2. The molecule has 1 aromatic rings. The van der Waals surface area contributed by atoms with E-state index in [1.54, 1.807) is 0 Å². The lowest BCUT2D eigenvalue weighted by atomic mass is 9.33. The smallest absolute Gasteiger partial charge is 0.310 e. The number of hydrogen-bond donors (Lipinski definition) is 2. The number of carbonyl (C=O) groups is 1. The largest absolute Gasteiger partial charge is 0.481 e. The summed E-state index contributed by atoms with van der Waals surface area (Å²) in [6, 6.07) is 8.08. The summed E-state index contributed by atoms with van der Waals surface area (Å²) in [5, 5.41) is 22.6. The molecule has 1 aromatic carbocycles. The van der Waals surface area contributed by atoms with Crippen LogP contribution in [0, 0.1) is 50.2 Å². The first kappa shape index (κ1) is 30.4. The summed E-state index contributed by atoms with van der Waals surface area (Å²) in [5.74, 6) is 0.330. The molecule has 1 aliphatic heterocycles. The van der Waals surface area contributed by atoms with Gasteiger partial charge in [-0.2, -0.15) is 0 Å². The fraction of sp³-hybridized carbons (Fsp3) is 0.757. The van der Waals surface area contributed by atoms with Gasteiger partial charge in [0.2, 0.25) is 0 Å². The van der Waals surface area contributed by atoms with Crippen molar-refractivity contribution in [1.82, 2.24) is 0 Å². The normalized spacial score (nSPS) is 50.2. The standard InChI is InChI=1S/C37H51BrO5/c1-32(2)14-16-37(31(40)41)17-15-35(5)24(25(37)19-32)10-11-28-33(3)20-26(39)29-34(4,27(33)12-13-36(28,35)6)21-42-30(43-29)22-8-7-9-23(38)18-22/h7-10,18,25-30,39H,11-17,19-21H2,1-6H3,(H,40,41)/t25?,26-,27?,28?,29+,30?,33+,34+,35-,36-,37+/m1/s1. The maximum absolute atomic E-state index is 13.0. The molecule has 0 amide bonds. The molecule has 7 rings (SSSR count). The van der Waals surface area contributed by atoms with Crippen molar-refractivity contribution in [1.29, 1.82) is 0 Å². The molecule has 11 atom stereocenters. The Kier molecular flexibility index (Phi) is 6.83. The van der Waals surface area contributed by atoms with Gasteiger partial charge in [0.05, 0.1) is 24.2 Å². The first-order chi connectivity index (χ1) is 20.1. The minimum Gasteiger partial charge on any atom is -0.481 e. The van der Waals surface area contributed by atoms with Crippen LogP contribution >= 0.6 is 15.9 Å². The lowest BCUT2D eigenvalue weighted by molar-refractivity contribution is -0.339. The first-order valence-corrected chi connectivity index (χ1v) is 17.5. The first-order valence-electron chi connectivity index (χ1n) is 16.7. The average molecular weight is 656 g/mol. The number of ether oxygens (including phenoxy) is 2. The molecular weight excluding hydrogens is 604 g/mol. The number of fused-ring (bicyclic) bond motifs is 9. The van der Waals surface area contributed by atoms with Crippen molar-refractivity contribution in [2.75, 3.05) is 6.61 Å². The van der Waals surface area contributed by atoms with E-state index < -0.39 is 23.8 Å². The topological polar surface area (TPSA) is 76.0 Å². The Morgan fingerprint density at radius 2 is 1.70 bits per heavy atom. The number of carboxylic acids is 1. The molecule has 2 N–H and O–H groups in total. The molecule has 6 aliphatic rings. The van der Waals surface area contributed by atoms with Crippen molar-refractivity contribution in [3.05, 3.63) is 46.0 Å². The van der Waals surface area contributed by atoms with Crippen molar-refractivity contribution >= 4 is 21.9 Å². The van der Waals surface area contributed by atoms with E-state index in [1.165, 1.54) is 5.57 Å². The summed E-state index contributed by atoms with van der Waals surface area (Å²) in [7, 11) is 0. The summed E-state index contributed by atoms with van der Waals surface area (Å²) < 4.78 is 14.1. The number of aliphatic hydroxyl groups is 1. The van der Waals surface area contributed by atoms with Crippen LogP contribution in [-0.2, 0) is 14.3 Å². The van der Waals surface area contributed by atoms with Crippen LogP contribution in [-0.4, -0.2) is 35.0 Å². The van der Waals surface area contributed by atoms with Crippen LogP contribution in [0.15, 0.2) is 40.4 Å². The Morgan fingerprint density at radius 1 is 0.953 bits per heavy atom. The van der Waals surface area contributed by atoms with Crippen LogP contribution in [0.3, 0.4) is 0 Å². The molecule has 0 aromatic heterocycles. The molecule has 43 heavy (non-hydrogen) atoms. The van der Waals surface area contributed by atoms with Gasteiger partial charge in [-0.1, -0.05) is 81.3 Å². The molecule has 236 valence electrons. The van der Waals surface area contributed by atoms with Crippen LogP contribution in [0.25, 0.3) is 0 Å². The zero-order valence-electron chi connectivity index (χ0n) is 26.9. The molecule has 0 radical (unpaired) electrons. The molecule has 0 bridgehead atoms. The number of halogens is 1. The van der Waals surface area contributed by atoms with E-state index in [0.29, 0.717) is 18.4 Å². The highest BCUT2D eigenvalue weighted by molar-refractivity contribution is 9.10. The van der Waals surface area contributed by atoms with E-state index in [2.05, 4.69) is 63.5 Å². The van der Waals surface area contributed by atoms with Gasteiger partial charge < -0.3 is 19.7 Å². The Balaban J connectivity index is 1.23. The molecule has 6 heteroatoms. The Bertz CT molecular complexity index is 1360. The van der Waals surface area contributed by atoms with E-state index in [-0.39, 0.29) is 39.1 Å². The highest BCUT2D eigenvalue weighted by Crippen LogP contribution is 2.76. The highest BCUT2D eigenvalue weighted by Gasteiger charge is 2.71. The van der Waals surface area contributed by atoms with Crippen LogP contribution < -0.4 is 0 Å². The predicted octanol–water partition coefficient (Wildman–Crippen LogP) is 8.70. The van der Waals surface area contributed by atoms with E-state index in [1.807, 2.05) is 24.3 Å². The van der Waals surface area contributed by atoms with Gasteiger partial charge in [-0.15, -0.1) is 0 Å². The highest BCUT2D eigenvalue weighted by atomic mass is 79.9. The van der Waals surface area contributed by atoms with Crippen LogP contribution in [0.4, 0.5) is 0 Å². The van der Waals surface area contributed by atoms with Crippen molar-refractivity contribution in [3.8, 4) is 0 Å².